The molecule has 2 aromatic heterocycles. The summed E-state index contributed by atoms with van der Waals surface area (Å²) in [4.78, 5) is 16.7. The van der Waals surface area contributed by atoms with Gasteiger partial charge in [0.25, 0.3) is 5.91 Å². The second-order valence-corrected chi connectivity index (χ2v) is 6.50. The summed E-state index contributed by atoms with van der Waals surface area (Å²) >= 11 is 4.78. The molecule has 1 aromatic carbocycles. The van der Waals surface area contributed by atoms with E-state index in [4.69, 9.17) is 4.74 Å². The lowest BCUT2D eigenvalue weighted by Gasteiger charge is -1.98. The molecule has 0 saturated carbocycles. The third-order valence-corrected chi connectivity index (χ3v) is 5.18. The molecule has 0 unspecified atom stereocenters. The summed E-state index contributed by atoms with van der Waals surface area (Å²) in [5, 5.41) is 7.52. The second-order valence-electron chi connectivity index (χ2n) is 4.68. The minimum atomic E-state index is -0.290. The minimum Gasteiger partial charge on any atom is -0.497 e. The lowest BCUT2D eigenvalue weighted by atomic mass is 10.3. The second kappa shape index (κ2) is 5.69. The number of ether oxygens (including phenoxy) is 1. The molecule has 0 saturated heterocycles. The molecule has 1 amide bonds. The van der Waals surface area contributed by atoms with Crippen LogP contribution >= 0.6 is 27.3 Å². The fourth-order valence-corrected chi connectivity index (χ4v) is 3.37. The molecular weight excluding hydrogens is 368 g/mol. The summed E-state index contributed by atoms with van der Waals surface area (Å²) in [6.45, 7) is 1.89. The fourth-order valence-electron chi connectivity index (χ4n) is 1.97. The van der Waals surface area contributed by atoms with Gasteiger partial charge >= 0.3 is 0 Å². The molecule has 2 heterocycles. The number of nitrogens with one attached hydrogen (secondary N) is 1. The number of rotatable bonds is 3. The summed E-state index contributed by atoms with van der Waals surface area (Å²) in [6, 6.07) is 5.59. The first-order valence-electron chi connectivity index (χ1n) is 6.44. The molecule has 114 valence electrons. The van der Waals surface area contributed by atoms with Crippen LogP contribution in [0, 0.1) is 6.92 Å². The van der Waals surface area contributed by atoms with Crippen molar-refractivity contribution >= 4 is 48.5 Å². The number of amides is 1. The molecule has 0 aliphatic rings. The number of thiazole rings is 1. The molecule has 0 fully saturated rings. The number of fused-ring (bicyclic) bond motifs is 1. The van der Waals surface area contributed by atoms with Gasteiger partial charge in [-0.3, -0.25) is 14.8 Å². The Bertz CT molecular complexity index is 871. The zero-order valence-corrected chi connectivity index (χ0v) is 14.6. The quantitative estimate of drug-likeness (QED) is 0.756. The van der Waals surface area contributed by atoms with E-state index in [2.05, 4.69) is 31.3 Å². The SMILES string of the molecule is COc1ccc2nc(NC(=O)c3nn(C)c(C)c3Br)sc2c1. The Morgan fingerprint density at radius 2 is 2.23 bits per heavy atom. The largest absolute Gasteiger partial charge is 0.497 e. The Hall–Kier alpha value is -1.93. The number of nitrogens with zero attached hydrogens (tertiary/aromatic N) is 3. The van der Waals surface area contributed by atoms with E-state index in [-0.39, 0.29) is 5.91 Å². The monoisotopic (exact) mass is 380 g/mol. The lowest BCUT2D eigenvalue weighted by molar-refractivity contribution is 0.102. The van der Waals surface area contributed by atoms with Crippen LogP contribution < -0.4 is 10.1 Å². The molecule has 8 heteroatoms. The molecule has 6 nitrogen and oxygen atoms in total. The van der Waals surface area contributed by atoms with Gasteiger partial charge < -0.3 is 4.74 Å². The topological polar surface area (TPSA) is 69.0 Å². The number of carbonyl (C=O) groups excluding carboxylic acids is 1. The molecule has 0 radical (unpaired) electrons. The highest BCUT2D eigenvalue weighted by atomic mass is 79.9. The van der Waals surface area contributed by atoms with Crippen LogP contribution in [0.1, 0.15) is 16.2 Å². The van der Waals surface area contributed by atoms with Gasteiger partial charge in [0.1, 0.15) is 5.75 Å². The fraction of sp³-hybridized carbons (Fsp3) is 0.214. The molecule has 3 aromatic rings. The van der Waals surface area contributed by atoms with E-state index in [1.54, 1.807) is 18.8 Å². The van der Waals surface area contributed by atoms with Crippen LogP contribution in [-0.2, 0) is 7.05 Å². The number of carbonyl (C=O) groups is 1. The first-order valence-corrected chi connectivity index (χ1v) is 8.05. The van der Waals surface area contributed by atoms with Gasteiger partial charge in [-0.25, -0.2) is 4.98 Å². The molecule has 0 aliphatic heterocycles. The van der Waals surface area contributed by atoms with Crippen molar-refractivity contribution in [1.82, 2.24) is 14.8 Å². The average molecular weight is 381 g/mol. The molecule has 1 N–H and O–H groups in total. The first kappa shape index (κ1) is 15.0. The van der Waals surface area contributed by atoms with Crippen LogP contribution in [-0.4, -0.2) is 27.8 Å². The third kappa shape index (κ3) is 2.59. The van der Waals surface area contributed by atoms with E-state index >= 15 is 0 Å². The normalized spacial score (nSPS) is 10.9. The van der Waals surface area contributed by atoms with Gasteiger partial charge in [0.15, 0.2) is 10.8 Å². The highest BCUT2D eigenvalue weighted by Gasteiger charge is 2.19. The Morgan fingerprint density at radius 1 is 1.45 bits per heavy atom. The predicted molar refractivity (Wildman–Crippen MR) is 89.8 cm³/mol. The van der Waals surface area contributed by atoms with Gasteiger partial charge in [-0.1, -0.05) is 11.3 Å². The molecule has 0 spiro atoms. The van der Waals surface area contributed by atoms with Gasteiger partial charge in [0.05, 0.1) is 27.5 Å². The smallest absolute Gasteiger partial charge is 0.279 e. The highest BCUT2D eigenvalue weighted by Crippen LogP contribution is 2.30. The Kier molecular flexibility index (Phi) is 3.88. The Labute approximate surface area is 139 Å². The van der Waals surface area contributed by atoms with Crippen LogP contribution in [0.2, 0.25) is 0 Å². The maximum atomic E-state index is 12.3. The summed E-state index contributed by atoms with van der Waals surface area (Å²) in [6.07, 6.45) is 0. The zero-order chi connectivity index (χ0) is 15.9. The van der Waals surface area contributed by atoms with Crippen molar-refractivity contribution < 1.29 is 9.53 Å². The summed E-state index contributed by atoms with van der Waals surface area (Å²) in [5.41, 5.74) is 2.05. The van der Waals surface area contributed by atoms with E-state index in [1.807, 2.05) is 25.1 Å². The maximum absolute atomic E-state index is 12.3. The van der Waals surface area contributed by atoms with Gasteiger partial charge in [-0.15, -0.1) is 0 Å². The van der Waals surface area contributed by atoms with E-state index in [0.29, 0.717) is 15.3 Å². The Balaban J connectivity index is 1.89. The molecule has 0 aliphatic carbocycles. The van der Waals surface area contributed by atoms with Crippen molar-refractivity contribution in [1.29, 1.82) is 0 Å². The van der Waals surface area contributed by atoms with Gasteiger partial charge in [-0.2, -0.15) is 5.10 Å². The van der Waals surface area contributed by atoms with Crippen LogP contribution in [0.5, 0.6) is 5.75 Å². The molecule has 22 heavy (non-hydrogen) atoms. The van der Waals surface area contributed by atoms with Gasteiger partial charge in [0.2, 0.25) is 0 Å². The highest BCUT2D eigenvalue weighted by molar-refractivity contribution is 9.10. The van der Waals surface area contributed by atoms with Gasteiger partial charge in [0, 0.05) is 7.05 Å². The number of methoxy groups -OCH3 is 1. The standard InChI is InChI=1S/C14H13BrN4O2S/c1-7-11(15)12(18-19(7)2)13(20)17-14-16-9-5-4-8(21-3)6-10(9)22-14/h4-6H,1-3H3,(H,16,17,20). The van der Waals surface area contributed by atoms with Crippen LogP contribution in [0.4, 0.5) is 5.13 Å². The summed E-state index contributed by atoms with van der Waals surface area (Å²) < 4.78 is 8.48. The van der Waals surface area contributed by atoms with E-state index in [9.17, 15) is 4.79 Å². The van der Waals surface area contributed by atoms with Crippen molar-refractivity contribution in [3.63, 3.8) is 0 Å². The van der Waals surface area contributed by atoms with Crippen LogP contribution in [0.3, 0.4) is 0 Å². The number of hydrogen-bond donors (Lipinski definition) is 1. The van der Waals surface area contributed by atoms with Crippen molar-refractivity contribution in [3.05, 3.63) is 34.1 Å². The van der Waals surface area contributed by atoms with Crippen molar-refractivity contribution in [2.75, 3.05) is 12.4 Å². The number of anilines is 1. The molecule has 0 atom stereocenters. The first-order chi connectivity index (χ1) is 10.5. The molecule has 3 rings (SSSR count). The number of hydrogen-bond acceptors (Lipinski definition) is 5. The third-order valence-electron chi connectivity index (χ3n) is 3.29. The summed E-state index contributed by atoms with van der Waals surface area (Å²) in [5.74, 6) is 0.471. The zero-order valence-electron chi connectivity index (χ0n) is 12.2. The average Bonchev–Trinajstić information content (AvgIpc) is 3.01. The number of benzene rings is 1. The van der Waals surface area contributed by atoms with Gasteiger partial charge in [-0.05, 0) is 41.1 Å². The molecule has 0 bridgehead atoms. The molecular formula is C14H13BrN4O2S. The number of aromatic nitrogens is 3. The minimum absolute atomic E-state index is 0.290. The van der Waals surface area contributed by atoms with Crippen molar-refractivity contribution in [2.45, 2.75) is 6.92 Å². The lowest BCUT2D eigenvalue weighted by Crippen LogP contribution is -2.13. The van der Waals surface area contributed by atoms with E-state index < -0.39 is 0 Å². The van der Waals surface area contributed by atoms with E-state index in [0.717, 1.165) is 21.7 Å². The van der Waals surface area contributed by atoms with E-state index in [1.165, 1.54) is 11.3 Å². The predicted octanol–water partition coefficient (Wildman–Crippen LogP) is 3.36. The maximum Gasteiger partial charge on any atom is 0.279 e. The van der Waals surface area contributed by atoms with Crippen LogP contribution in [0.15, 0.2) is 22.7 Å². The Morgan fingerprint density at radius 3 is 2.86 bits per heavy atom. The number of aryl methyl sites for hydroxylation is 1. The summed E-state index contributed by atoms with van der Waals surface area (Å²) in [7, 11) is 3.41. The van der Waals surface area contributed by atoms with Crippen molar-refractivity contribution in [2.24, 2.45) is 7.05 Å². The van der Waals surface area contributed by atoms with Crippen molar-refractivity contribution in [3.8, 4) is 5.75 Å². The van der Waals surface area contributed by atoms with Crippen LogP contribution in [0.25, 0.3) is 10.2 Å². The number of halogens is 1.